The number of fused-ring (bicyclic) bond motifs is 1. The molecule has 1 atom stereocenters. The molecule has 1 aliphatic heterocycles. The van der Waals surface area contributed by atoms with Gasteiger partial charge >= 0.3 is 0 Å². The molecule has 1 saturated heterocycles. The van der Waals surface area contributed by atoms with Crippen molar-refractivity contribution in [2.24, 2.45) is 5.92 Å². The van der Waals surface area contributed by atoms with Crippen LogP contribution < -0.4 is 4.72 Å². The quantitative estimate of drug-likeness (QED) is 0.858. The second kappa shape index (κ2) is 7.83. The molecule has 0 aromatic heterocycles. The maximum Gasteiger partial charge on any atom is 0.240 e. The molecule has 0 bridgehead atoms. The Kier molecular flexibility index (Phi) is 5.74. The summed E-state index contributed by atoms with van der Waals surface area (Å²) in [6.07, 6.45) is 0. The smallest absolute Gasteiger partial charge is 0.240 e. The summed E-state index contributed by atoms with van der Waals surface area (Å²) in [6, 6.07) is 13.2. The van der Waals surface area contributed by atoms with Crippen molar-refractivity contribution in [2.75, 3.05) is 32.8 Å². The molecule has 0 saturated carbocycles. The zero-order valence-corrected chi connectivity index (χ0v) is 15.6. The van der Waals surface area contributed by atoms with Gasteiger partial charge in [0, 0.05) is 25.7 Å². The van der Waals surface area contributed by atoms with Gasteiger partial charge in [0.1, 0.15) is 0 Å². The highest BCUT2D eigenvalue weighted by Gasteiger charge is 2.26. The first-order valence-corrected chi connectivity index (χ1v) is 10.3. The molecule has 136 valence electrons. The van der Waals surface area contributed by atoms with E-state index in [-0.39, 0.29) is 6.04 Å². The SMILES string of the molecule is CC(C)C(CNS(=O)(=O)c1ccc2ccccc2c1)N1CCOCC1. The molecule has 3 rings (SSSR count). The molecular formula is C19H26N2O3S. The van der Waals surface area contributed by atoms with Crippen LogP contribution in [0, 0.1) is 5.92 Å². The molecule has 6 heteroatoms. The van der Waals surface area contributed by atoms with E-state index in [1.54, 1.807) is 12.1 Å². The molecule has 0 amide bonds. The standard InChI is InChI=1S/C19H26N2O3S/c1-15(2)19(21-9-11-24-12-10-21)14-20-25(22,23)18-8-7-16-5-3-4-6-17(16)13-18/h3-8,13,15,19-20H,9-12,14H2,1-2H3. The molecule has 1 heterocycles. The third kappa shape index (κ3) is 4.39. The number of nitrogens with one attached hydrogen (secondary N) is 1. The summed E-state index contributed by atoms with van der Waals surface area (Å²) in [5.74, 6) is 0.359. The van der Waals surface area contributed by atoms with Crippen molar-refractivity contribution in [1.82, 2.24) is 9.62 Å². The largest absolute Gasteiger partial charge is 0.379 e. The van der Waals surface area contributed by atoms with Crippen LogP contribution in [0.5, 0.6) is 0 Å². The summed E-state index contributed by atoms with van der Waals surface area (Å²) in [5.41, 5.74) is 0. The molecule has 0 aliphatic carbocycles. The van der Waals surface area contributed by atoms with E-state index in [9.17, 15) is 8.42 Å². The summed E-state index contributed by atoms with van der Waals surface area (Å²) >= 11 is 0. The average Bonchev–Trinajstić information content (AvgIpc) is 2.62. The molecule has 1 fully saturated rings. The van der Waals surface area contributed by atoms with Gasteiger partial charge in [-0.15, -0.1) is 0 Å². The van der Waals surface area contributed by atoms with Crippen molar-refractivity contribution >= 4 is 20.8 Å². The van der Waals surface area contributed by atoms with Gasteiger partial charge < -0.3 is 4.74 Å². The maximum absolute atomic E-state index is 12.7. The minimum atomic E-state index is -3.53. The molecule has 1 aliphatic rings. The van der Waals surface area contributed by atoms with E-state index in [1.165, 1.54) is 0 Å². The summed E-state index contributed by atoms with van der Waals surface area (Å²) in [4.78, 5) is 2.63. The molecule has 0 spiro atoms. The van der Waals surface area contributed by atoms with Crippen LogP contribution in [-0.2, 0) is 14.8 Å². The highest BCUT2D eigenvalue weighted by Crippen LogP contribution is 2.19. The van der Waals surface area contributed by atoms with Crippen molar-refractivity contribution < 1.29 is 13.2 Å². The summed E-state index contributed by atoms with van der Waals surface area (Å²) in [6.45, 7) is 7.78. The zero-order chi connectivity index (χ0) is 17.9. The van der Waals surface area contributed by atoms with Crippen LogP contribution in [0.3, 0.4) is 0 Å². The van der Waals surface area contributed by atoms with Crippen LogP contribution in [0.25, 0.3) is 10.8 Å². The van der Waals surface area contributed by atoms with Crippen LogP contribution in [0.2, 0.25) is 0 Å². The van der Waals surface area contributed by atoms with Gasteiger partial charge in [-0.2, -0.15) is 0 Å². The fraction of sp³-hybridized carbons (Fsp3) is 0.474. The van der Waals surface area contributed by atoms with E-state index in [0.717, 1.165) is 23.9 Å². The Morgan fingerprint density at radius 2 is 1.76 bits per heavy atom. The van der Waals surface area contributed by atoms with Gasteiger partial charge in [-0.05, 0) is 28.8 Å². The number of morpholine rings is 1. The number of benzene rings is 2. The lowest BCUT2D eigenvalue weighted by atomic mass is 10.0. The molecule has 1 N–H and O–H groups in total. The highest BCUT2D eigenvalue weighted by atomic mass is 32.2. The summed E-state index contributed by atoms with van der Waals surface area (Å²) < 4.78 is 33.7. The van der Waals surface area contributed by atoms with Crippen LogP contribution in [0.4, 0.5) is 0 Å². The van der Waals surface area contributed by atoms with Crippen molar-refractivity contribution in [2.45, 2.75) is 24.8 Å². The fourth-order valence-corrected chi connectivity index (χ4v) is 4.39. The molecule has 5 nitrogen and oxygen atoms in total. The Morgan fingerprint density at radius 1 is 1.08 bits per heavy atom. The Balaban J connectivity index is 1.74. The van der Waals surface area contributed by atoms with E-state index in [1.807, 2.05) is 30.3 Å². The van der Waals surface area contributed by atoms with E-state index in [4.69, 9.17) is 4.74 Å². The summed E-state index contributed by atoms with van der Waals surface area (Å²) in [7, 11) is -3.53. The van der Waals surface area contributed by atoms with Crippen LogP contribution in [0.15, 0.2) is 47.4 Å². The first-order valence-electron chi connectivity index (χ1n) is 8.77. The zero-order valence-electron chi connectivity index (χ0n) is 14.8. The van der Waals surface area contributed by atoms with Gasteiger partial charge in [-0.25, -0.2) is 13.1 Å². The van der Waals surface area contributed by atoms with Gasteiger partial charge in [-0.1, -0.05) is 44.2 Å². The van der Waals surface area contributed by atoms with Gasteiger partial charge in [0.05, 0.1) is 18.1 Å². The molecule has 0 radical (unpaired) electrons. The third-order valence-corrected chi connectivity index (χ3v) is 6.22. The van der Waals surface area contributed by atoms with E-state index >= 15 is 0 Å². The Bertz CT molecular complexity index is 814. The maximum atomic E-state index is 12.7. The lowest BCUT2D eigenvalue weighted by Crippen LogP contribution is -2.51. The number of hydrogen-bond donors (Lipinski definition) is 1. The van der Waals surface area contributed by atoms with E-state index in [2.05, 4.69) is 23.5 Å². The van der Waals surface area contributed by atoms with Crippen molar-refractivity contribution in [1.29, 1.82) is 0 Å². The molecule has 1 unspecified atom stereocenters. The molecule has 2 aromatic carbocycles. The first kappa shape index (κ1) is 18.3. The van der Waals surface area contributed by atoms with Crippen molar-refractivity contribution in [3.63, 3.8) is 0 Å². The average molecular weight is 362 g/mol. The van der Waals surface area contributed by atoms with E-state index < -0.39 is 10.0 Å². The van der Waals surface area contributed by atoms with Crippen molar-refractivity contribution in [3.05, 3.63) is 42.5 Å². The third-order valence-electron chi connectivity index (χ3n) is 4.80. The van der Waals surface area contributed by atoms with Crippen molar-refractivity contribution in [3.8, 4) is 0 Å². The highest BCUT2D eigenvalue weighted by molar-refractivity contribution is 7.89. The second-order valence-electron chi connectivity index (χ2n) is 6.82. The molecule has 25 heavy (non-hydrogen) atoms. The second-order valence-corrected chi connectivity index (χ2v) is 8.59. The number of nitrogens with zero attached hydrogens (tertiary/aromatic N) is 1. The lowest BCUT2D eigenvalue weighted by Gasteiger charge is -2.36. The topological polar surface area (TPSA) is 58.6 Å². The number of rotatable bonds is 6. The normalized spacial score (nSPS) is 17.9. The monoisotopic (exact) mass is 362 g/mol. The van der Waals surface area contributed by atoms with Crippen LogP contribution >= 0.6 is 0 Å². The number of hydrogen-bond acceptors (Lipinski definition) is 4. The minimum Gasteiger partial charge on any atom is -0.379 e. The van der Waals surface area contributed by atoms with Gasteiger partial charge in [0.15, 0.2) is 0 Å². The van der Waals surface area contributed by atoms with Crippen LogP contribution in [0.1, 0.15) is 13.8 Å². The number of sulfonamides is 1. The predicted molar refractivity (Wildman–Crippen MR) is 100 cm³/mol. The Morgan fingerprint density at radius 3 is 2.44 bits per heavy atom. The predicted octanol–water partition coefficient (Wildman–Crippen LogP) is 2.47. The van der Waals surface area contributed by atoms with Gasteiger partial charge in [0.25, 0.3) is 0 Å². The van der Waals surface area contributed by atoms with E-state index in [0.29, 0.717) is 30.6 Å². The molecule has 2 aromatic rings. The number of ether oxygens (including phenoxy) is 1. The van der Waals surface area contributed by atoms with Crippen LogP contribution in [-0.4, -0.2) is 52.2 Å². The first-order chi connectivity index (χ1) is 12.0. The van der Waals surface area contributed by atoms with Gasteiger partial charge in [0.2, 0.25) is 10.0 Å². The fourth-order valence-electron chi connectivity index (χ4n) is 3.31. The Labute approximate surface area is 150 Å². The minimum absolute atomic E-state index is 0.166. The summed E-state index contributed by atoms with van der Waals surface area (Å²) in [5, 5.41) is 1.97. The lowest BCUT2D eigenvalue weighted by molar-refractivity contribution is 0.00776. The molecular weight excluding hydrogens is 336 g/mol. The Hall–Kier alpha value is -1.47. The van der Waals surface area contributed by atoms with Gasteiger partial charge in [-0.3, -0.25) is 4.90 Å².